The minimum absolute atomic E-state index is 0.204. The summed E-state index contributed by atoms with van der Waals surface area (Å²) in [5.41, 5.74) is 3.60. The van der Waals surface area contributed by atoms with Gasteiger partial charge in [-0.1, -0.05) is 23.8 Å². The van der Waals surface area contributed by atoms with Gasteiger partial charge in [0.2, 0.25) is 0 Å². The minimum atomic E-state index is -0.217. The molecule has 0 saturated heterocycles. The Kier molecular flexibility index (Phi) is 3.72. The number of rotatable bonds is 3. The second-order valence-corrected chi connectivity index (χ2v) is 4.45. The summed E-state index contributed by atoms with van der Waals surface area (Å²) >= 11 is 0. The third-order valence-corrected chi connectivity index (χ3v) is 3.07. The molecule has 0 aliphatic rings. The molecule has 0 bridgehead atoms. The molecule has 18 heavy (non-hydrogen) atoms. The molecule has 0 fully saturated rings. The summed E-state index contributed by atoms with van der Waals surface area (Å²) < 4.78 is 14.0. The Morgan fingerprint density at radius 2 is 2.00 bits per heavy atom. The van der Waals surface area contributed by atoms with Crippen molar-refractivity contribution in [1.82, 2.24) is 10.3 Å². The highest BCUT2D eigenvalue weighted by Gasteiger charge is 2.18. The van der Waals surface area contributed by atoms with Crippen molar-refractivity contribution in [3.8, 4) is 0 Å². The number of hydrogen-bond donors (Lipinski definition) is 1. The predicted molar refractivity (Wildman–Crippen MR) is 71.0 cm³/mol. The first kappa shape index (κ1) is 12.7. The lowest BCUT2D eigenvalue weighted by molar-refractivity contribution is 0.568. The molecule has 0 spiro atoms. The van der Waals surface area contributed by atoms with Gasteiger partial charge in [0.05, 0.1) is 11.7 Å². The van der Waals surface area contributed by atoms with Gasteiger partial charge in [-0.3, -0.25) is 4.98 Å². The van der Waals surface area contributed by atoms with Crippen molar-refractivity contribution in [2.24, 2.45) is 0 Å². The van der Waals surface area contributed by atoms with Crippen molar-refractivity contribution < 1.29 is 4.39 Å². The molecular weight excluding hydrogens is 227 g/mol. The standard InChI is InChI=1S/C15H17FN2/c1-10-6-7-13(16)12(9-10)15(17-3)14-11(2)5-4-8-18-14/h4-9,15,17H,1-3H3. The maximum atomic E-state index is 14.0. The molecule has 2 aromatic rings. The molecule has 2 rings (SSSR count). The molecule has 1 atom stereocenters. The van der Waals surface area contributed by atoms with E-state index in [0.29, 0.717) is 5.56 Å². The first-order valence-corrected chi connectivity index (χ1v) is 5.98. The number of hydrogen-bond acceptors (Lipinski definition) is 2. The van der Waals surface area contributed by atoms with E-state index in [1.54, 1.807) is 12.3 Å². The van der Waals surface area contributed by atoms with E-state index in [1.165, 1.54) is 6.07 Å². The van der Waals surface area contributed by atoms with Gasteiger partial charge in [-0.25, -0.2) is 4.39 Å². The minimum Gasteiger partial charge on any atom is -0.308 e. The van der Waals surface area contributed by atoms with Gasteiger partial charge in [-0.2, -0.15) is 0 Å². The van der Waals surface area contributed by atoms with Crippen molar-refractivity contribution in [3.05, 3.63) is 64.7 Å². The topological polar surface area (TPSA) is 24.9 Å². The molecule has 0 aliphatic carbocycles. The summed E-state index contributed by atoms with van der Waals surface area (Å²) in [6.07, 6.45) is 1.74. The van der Waals surface area contributed by atoms with E-state index in [4.69, 9.17) is 0 Å². The molecule has 3 heteroatoms. The molecule has 94 valence electrons. The first-order chi connectivity index (χ1) is 8.63. The van der Waals surface area contributed by atoms with E-state index < -0.39 is 0 Å². The average molecular weight is 244 g/mol. The van der Waals surface area contributed by atoms with Gasteiger partial charge in [0.25, 0.3) is 0 Å². The lowest BCUT2D eigenvalue weighted by Crippen LogP contribution is -2.21. The molecule has 2 nitrogen and oxygen atoms in total. The van der Waals surface area contributed by atoms with Crippen LogP contribution in [-0.2, 0) is 0 Å². The van der Waals surface area contributed by atoms with E-state index in [-0.39, 0.29) is 11.9 Å². The zero-order chi connectivity index (χ0) is 13.1. The summed E-state index contributed by atoms with van der Waals surface area (Å²) in [4.78, 5) is 4.37. The van der Waals surface area contributed by atoms with Crippen LogP contribution in [-0.4, -0.2) is 12.0 Å². The highest BCUT2D eigenvalue weighted by Crippen LogP contribution is 2.25. The van der Waals surface area contributed by atoms with Gasteiger partial charge in [0.1, 0.15) is 5.82 Å². The van der Waals surface area contributed by atoms with Crippen molar-refractivity contribution >= 4 is 0 Å². The SMILES string of the molecule is CNC(c1cc(C)ccc1F)c1ncccc1C. The van der Waals surface area contributed by atoms with Crippen molar-refractivity contribution in [2.75, 3.05) is 7.05 Å². The van der Waals surface area contributed by atoms with Crippen LogP contribution in [0.2, 0.25) is 0 Å². The second kappa shape index (κ2) is 5.27. The van der Waals surface area contributed by atoms with E-state index in [9.17, 15) is 4.39 Å². The van der Waals surface area contributed by atoms with Crippen LogP contribution in [0.15, 0.2) is 36.5 Å². The molecule has 1 aromatic carbocycles. The van der Waals surface area contributed by atoms with E-state index in [0.717, 1.165) is 16.8 Å². The Labute approximate surface area is 107 Å². The number of pyridine rings is 1. The van der Waals surface area contributed by atoms with Gasteiger partial charge in [-0.15, -0.1) is 0 Å². The molecule has 0 amide bonds. The van der Waals surface area contributed by atoms with Crippen LogP contribution in [0.4, 0.5) is 4.39 Å². The number of nitrogens with one attached hydrogen (secondary N) is 1. The van der Waals surface area contributed by atoms with Crippen molar-refractivity contribution in [3.63, 3.8) is 0 Å². The number of aromatic nitrogens is 1. The van der Waals surface area contributed by atoms with Gasteiger partial charge in [-0.05, 0) is 38.6 Å². The fraction of sp³-hybridized carbons (Fsp3) is 0.267. The molecule has 0 aliphatic heterocycles. The summed E-state index contributed by atoms with van der Waals surface area (Å²) in [6, 6.07) is 8.80. The molecule has 1 heterocycles. The Morgan fingerprint density at radius 3 is 2.67 bits per heavy atom. The number of nitrogens with zero attached hydrogens (tertiary/aromatic N) is 1. The Balaban J connectivity index is 2.52. The Hall–Kier alpha value is -1.74. The highest BCUT2D eigenvalue weighted by atomic mass is 19.1. The molecular formula is C15H17FN2. The monoisotopic (exact) mass is 244 g/mol. The number of aryl methyl sites for hydroxylation is 2. The van der Waals surface area contributed by atoms with Crippen LogP contribution >= 0.6 is 0 Å². The maximum absolute atomic E-state index is 14.0. The predicted octanol–water partition coefficient (Wildman–Crippen LogP) is 3.15. The third kappa shape index (κ3) is 2.41. The van der Waals surface area contributed by atoms with Crippen LogP contribution in [0.5, 0.6) is 0 Å². The molecule has 1 unspecified atom stereocenters. The molecule has 1 aromatic heterocycles. The number of halogens is 1. The van der Waals surface area contributed by atoms with Crippen LogP contribution in [0.1, 0.15) is 28.4 Å². The first-order valence-electron chi connectivity index (χ1n) is 5.98. The fourth-order valence-corrected chi connectivity index (χ4v) is 2.12. The van der Waals surface area contributed by atoms with Crippen LogP contribution in [0.3, 0.4) is 0 Å². The zero-order valence-corrected chi connectivity index (χ0v) is 10.9. The quantitative estimate of drug-likeness (QED) is 0.897. The van der Waals surface area contributed by atoms with Crippen LogP contribution in [0.25, 0.3) is 0 Å². The van der Waals surface area contributed by atoms with Crippen molar-refractivity contribution in [1.29, 1.82) is 0 Å². The second-order valence-electron chi connectivity index (χ2n) is 4.45. The van der Waals surface area contributed by atoms with Gasteiger partial charge < -0.3 is 5.32 Å². The average Bonchev–Trinajstić information content (AvgIpc) is 2.36. The summed E-state index contributed by atoms with van der Waals surface area (Å²) in [7, 11) is 1.82. The molecule has 0 radical (unpaired) electrons. The number of benzene rings is 1. The fourth-order valence-electron chi connectivity index (χ4n) is 2.12. The van der Waals surface area contributed by atoms with Crippen molar-refractivity contribution in [2.45, 2.75) is 19.9 Å². The summed E-state index contributed by atoms with van der Waals surface area (Å²) in [5.74, 6) is -0.204. The third-order valence-electron chi connectivity index (χ3n) is 3.07. The summed E-state index contributed by atoms with van der Waals surface area (Å²) in [6.45, 7) is 3.95. The van der Waals surface area contributed by atoms with Crippen LogP contribution < -0.4 is 5.32 Å². The molecule has 1 N–H and O–H groups in total. The van der Waals surface area contributed by atoms with Gasteiger partial charge in [0.15, 0.2) is 0 Å². The normalized spacial score (nSPS) is 12.4. The lowest BCUT2D eigenvalue weighted by Gasteiger charge is -2.19. The Morgan fingerprint density at radius 1 is 1.22 bits per heavy atom. The lowest BCUT2D eigenvalue weighted by atomic mass is 9.98. The molecule has 0 saturated carbocycles. The largest absolute Gasteiger partial charge is 0.308 e. The van der Waals surface area contributed by atoms with E-state index in [1.807, 2.05) is 39.1 Å². The van der Waals surface area contributed by atoms with E-state index >= 15 is 0 Å². The van der Waals surface area contributed by atoms with E-state index in [2.05, 4.69) is 10.3 Å². The van der Waals surface area contributed by atoms with Gasteiger partial charge >= 0.3 is 0 Å². The maximum Gasteiger partial charge on any atom is 0.128 e. The highest BCUT2D eigenvalue weighted by molar-refractivity contribution is 5.35. The van der Waals surface area contributed by atoms with Gasteiger partial charge in [0, 0.05) is 11.8 Å². The smallest absolute Gasteiger partial charge is 0.128 e. The van der Waals surface area contributed by atoms with Crippen LogP contribution in [0, 0.1) is 19.7 Å². The Bertz CT molecular complexity index is 552. The summed E-state index contributed by atoms with van der Waals surface area (Å²) in [5, 5.41) is 3.14. The zero-order valence-electron chi connectivity index (χ0n) is 10.9.